The highest BCUT2D eigenvalue weighted by molar-refractivity contribution is 4.23. The Bertz CT molecular complexity index is 65.0. The van der Waals surface area contributed by atoms with Crippen LogP contribution in [0.5, 0.6) is 0 Å². The fourth-order valence-corrected chi connectivity index (χ4v) is 0.155. The number of nitrogens with zero attached hydrogens (tertiary/aromatic N) is 4. The Morgan fingerprint density at radius 2 is 1.43 bits per heavy atom. The van der Waals surface area contributed by atoms with Crippen molar-refractivity contribution in [3.05, 3.63) is 0 Å². The van der Waals surface area contributed by atoms with Crippen LogP contribution in [0.2, 0.25) is 0 Å². The molecular formula is C3H8N4. The average Bonchev–Trinajstić information content (AvgIpc) is 1.69. The van der Waals surface area contributed by atoms with Crippen molar-refractivity contribution in [1.82, 2.24) is 0 Å². The summed E-state index contributed by atoms with van der Waals surface area (Å²) in [6.07, 6.45) is 0. The molecule has 7 heavy (non-hydrogen) atoms. The topological polar surface area (TPSA) is 49.4 Å². The molecule has 4 nitrogen and oxygen atoms in total. The summed E-state index contributed by atoms with van der Waals surface area (Å²) in [6, 6.07) is 0. The molecule has 40 valence electrons. The van der Waals surface area contributed by atoms with Crippen molar-refractivity contribution < 1.29 is 0 Å². The van der Waals surface area contributed by atoms with Gasteiger partial charge in [0.25, 0.3) is 0 Å². The minimum absolute atomic E-state index is 0.354. The zero-order valence-electron chi connectivity index (χ0n) is 4.50. The van der Waals surface area contributed by atoms with Gasteiger partial charge in [-0.2, -0.15) is 20.5 Å². The summed E-state index contributed by atoms with van der Waals surface area (Å²) in [4.78, 5) is 0. The largest absolute Gasteiger partial charge is 0.196 e. The highest BCUT2D eigenvalue weighted by atomic mass is 15.2. The molecule has 0 rings (SSSR count). The molecule has 0 spiro atoms. The van der Waals surface area contributed by atoms with E-state index in [1.54, 1.807) is 14.1 Å². The normalized spacial score (nSPS) is 11.7. The molecule has 0 unspecified atom stereocenters. The lowest BCUT2D eigenvalue weighted by molar-refractivity contribution is 0.875. The maximum atomic E-state index is 3.53. The van der Waals surface area contributed by atoms with Crippen LogP contribution in [0.4, 0.5) is 0 Å². The molecule has 0 fully saturated rings. The summed E-state index contributed by atoms with van der Waals surface area (Å²) in [7, 11) is 3.20. The third-order valence-electron chi connectivity index (χ3n) is 0.409. The number of rotatable bonds is 2. The van der Waals surface area contributed by atoms with E-state index in [9.17, 15) is 0 Å². The predicted octanol–water partition coefficient (Wildman–Crippen LogP) is 1.11. The summed E-state index contributed by atoms with van der Waals surface area (Å²) in [5.41, 5.74) is 0. The second-order valence-corrected chi connectivity index (χ2v) is 0.824. The molecule has 0 heterocycles. The van der Waals surface area contributed by atoms with Gasteiger partial charge in [0.05, 0.1) is 0 Å². The van der Waals surface area contributed by atoms with Crippen LogP contribution in [0.15, 0.2) is 20.5 Å². The summed E-state index contributed by atoms with van der Waals surface area (Å²) in [5.74, 6) is 0. The van der Waals surface area contributed by atoms with E-state index in [0.717, 1.165) is 0 Å². The Kier molecular flexibility index (Phi) is 4.61. The minimum Gasteiger partial charge on any atom is -0.196 e. The monoisotopic (exact) mass is 100 g/mol. The lowest BCUT2D eigenvalue weighted by atomic mass is 11.2. The van der Waals surface area contributed by atoms with Crippen molar-refractivity contribution in [3.8, 4) is 0 Å². The zero-order chi connectivity index (χ0) is 5.54. The molecule has 0 aromatic carbocycles. The molecule has 0 bridgehead atoms. The summed E-state index contributed by atoms with van der Waals surface area (Å²) in [6.45, 7) is 0.354. The maximum Gasteiger partial charge on any atom is 0.170 e. The molecule has 4 heteroatoms. The molecule has 0 radical (unpaired) electrons. The lowest BCUT2D eigenvalue weighted by Gasteiger charge is -1.73. The lowest BCUT2D eigenvalue weighted by Crippen LogP contribution is -1.64. The van der Waals surface area contributed by atoms with E-state index in [4.69, 9.17) is 0 Å². The van der Waals surface area contributed by atoms with Gasteiger partial charge in [0.15, 0.2) is 6.67 Å². The highest BCUT2D eigenvalue weighted by Crippen LogP contribution is 1.72. The molecule has 0 aliphatic carbocycles. The van der Waals surface area contributed by atoms with E-state index in [-0.39, 0.29) is 0 Å². The van der Waals surface area contributed by atoms with Crippen LogP contribution in [0.1, 0.15) is 0 Å². The predicted molar refractivity (Wildman–Crippen MR) is 26.4 cm³/mol. The maximum absolute atomic E-state index is 3.53. The van der Waals surface area contributed by atoms with Gasteiger partial charge in [-0.3, -0.25) is 0 Å². The van der Waals surface area contributed by atoms with Crippen molar-refractivity contribution in [2.24, 2.45) is 20.5 Å². The molecular weight excluding hydrogens is 92.1 g/mol. The summed E-state index contributed by atoms with van der Waals surface area (Å²) < 4.78 is 0. The number of hydrogen-bond acceptors (Lipinski definition) is 4. The number of hydrogen-bond donors (Lipinski definition) is 0. The van der Waals surface area contributed by atoms with E-state index in [1.165, 1.54) is 0 Å². The Balaban J connectivity index is 2.98. The first-order valence-corrected chi connectivity index (χ1v) is 1.93. The van der Waals surface area contributed by atoms with E-state index >= 15 is 0 Å². The smallest absolute Gasteiger partial charge is 0.170 e. The molecule has 0 saturated heterocycles. The van der Waals surface area contributed by atoms with E-state index in [2.05, 4.69) is 20.5 Å². The molecule has 0 aromatic heterocycles. The molecule has 0 amide bonds. The van der Waals surface area contributed by atoms with Crippen molar-refractivity contribution in [2.75, 3.05) is 20.8 Å². The van der Waals surface area contributed by atoms with Gasteiger partial charge < -0.3 is 0 Å². The van der Waals surface area contributed by atoms with Crippen LogP contribution in [0.25, 0.3) is 0 Å². The fourth-order valence-electron chi connectivity index (χ4n) is 0.155. The van der Waals surface area contributed by atoms with E-state index < -0.39 is 0 Å². The highest BCUT2D eigenvalue weighted by Gasteiger charge is 1.63. The first-order valence-electron chi connectivity index (χ1n) is 1.93. The van der Waals surface area contributed by atoms with Crippen LogP contribution in [-0.2, 0) is 0 Å². The van der Waals surface area contributed by atoms with E-state index in [1.807, 2.05) is 0 Å². The van der Waals surface area contributed by atoms with Crippen LogP contribution in [0.3, 0.4) is 0 Å². The van der Waals surface area contributed by atoms with Gasteiger partial charge in [-0.05, 0) is 0 Å². The van der Waals surface area contributed by atoms with Gasteiger partial charge in [-0.25, -0.2) is 0 Å². The minimum atomic E-state index is 0.354. The second kappa shape index (κ2) is 5.20. The molecule has 0 N–H and O–H groups in total. The molecule has 0 atom stereocenters. The molecule has 0 aromatic rings. The Morgan fingerprint density at radius 1 is 1.00 bits per heavy atom. The van der Waals surface area contributed by atoms with Crippen molar-refractivity contribution >= 4 is 0 Å². The van der Waals surface area contributed by atoms with Crippen LogP contribution in [-0.4, -0.2) is 20.8 Å². The third kappa shape index (κ3) is 5.20. The second-order valence-electron chi connectivity index (χ2n) is 0.824. The first kappa shape index (κ1) is 6.20. The van der Waals surface area contributed by atoms with Crippen molar-refractivity contribution in [3.63, 3.8) is 0 Å². The first-order chi connectivity index (χ1) is 3.41. The van der Waals surface area contributed by atoms with Crippen molar-refractivity contribution in [1.29, 1.82) is 0 Å². The summed E-state index contributed by atoms with van der Waals surface area (Å²) >= 11 is 0. The Labute approximate surface area is 42.4 Å². The molecule has 0 aliphatic rings. The molecule has 0 saturated carbocycles. The summed E-state index contributed by atoms with van der Waals surface area (Å²) in [5, 5.41) is 13.9. The van der Waals surface area contributed by atoms with Gasteiger partial charge in [0, 0.05) is 14.1 Å². The van der Waals surface area contributed by atoms with Gasteiger partial charge >= 0.3 is 0 Å². The van der Waals surface area contributed by atoms with Gasteiger partial charge in [0.1, 0.15) is 0 Å². The fraction of sp³-hybridized carbons (Fsp3) is 1.00. The van der Waals surface area contributed by atoms with Crippen LogP contribution in [0, 0.1) is 0 Å². The quantitative estimate of drug-likeness (QED) is 0.467. The van der Waals surface area contributed by atoms with E-state index in [0.29, 0.717) is 6.67 Å². The number of azo groups is 2. The van der Waals surface area contributed by atoms with Gasteiger partial charge in [-0.15, -0.1) is 0 Å². The van der Waals surface area contributed by atoms with Crippen LogP contribution >= 0.6 is 0 Å². The van der Waals surface area contributed by atoms with Crippen LogP contribution < -0.4 is 0 Å². The Morgan fingerprint density at radius 3 is 1.71 bits per heavy atom. The SMILES string of the molecule is C/N=N/C/N=N/C. The van der Waals surface area contributed by atoms with Gasteiger partial charge in [-0.1, -0.05) is 0 Å². The average molecular weight is 100 g/mol. The third-order valence-corrected chi connectivity index (χ3v) is 0.409. The zero-order valence-corrected chi connectivity index (χ0v) is 4.50. The standard InChI is InChI=1S/C3H8N4/c1-4-6-3-7-5-2/h3H2,1-2H3/b6-4+,7-5+. The molecule has 0 aliphatic heterocycles. The van der Waals surface area contributed by atoms with Crippen molar-refractivity contribution in [2.45, 2.75) is 0 Å². The Hall–Kier alpha value is -0.800. The van der Waals surface area contributed by atoms with Gasteiger partial charge in [0.2, 0.25) is 0 Å².